The molecule has 2 aliphatic rings. The number of piperidine rings is 1. The number of ether oxygens (including phenoxy) is 5. The molecule has 1 aliphatic heterocycles. The number of hydrogen-bond acceptors (Lipinski definition) is 11. The molecule has 1 saturated heterocycles. The third kappa shape index (κ3) is 11.6. The first-order chi connectivity index (χ1) is 29.2. The second-order valence-electron chi connectivity index (χ2n) is 15.6. The van der Waals surface area contributed by atoms with Crippen LogP contribution in [0.4, 0.5) is 11.5 Å². The van der Waals surface area contributed by atoms with Crippen molar-refractivity contribution in [3.05, 3.63) is 137 Å². The van der Waals surface area contributed by atoms with E-state index in [4.69, 9.17) is 23.7 Å². The number of carbonyl (C=O) groups excluding carboxylic acids is 2. The van der Waals surface area contributed by atoms with Crippen LogP contribution in [0.1, 0.15) is 76.3 Å². The Labute approximate surface area is 351 Å². The van der Waals surface area contributed by atoms with Crippen molar-refractivity contribution in [3.63, 3.8) is 0 Å². The van der Waals surface area contributed by atoms with Crippen LogP contribution in [0.3, 0.4) is 0 Å². The van der Waals surface area contributed by atoms with Gasteiger partial charge in [-0.1, -0.05) is 48.5 Å². The summed E-state index contributed by atoms with van der Waals surface area (Å²) in [6.07, 6.45) is 5.02. The number of nitrogens with one attached hydrogen (secondary N) is 1. The molecule has 0 radical (unpaired) electrons. The number of rotatable bonds is 19. The van der Waals surface area contributed by atoms with E-state index in [2.05, 4.69) is 20.2 Å². The number of amides is 1. The number of aliphatic hydroxyl groups is 1. The number of aryl methyl sites for hydroxylation is 1. The number of esters is 1. The van der Waals surface area contributed by atoms with Crippen LogP contribution in [0.5, 0.6) is 17.4 Å². The lowest BCUT2D eigenvalue weighted by atomic mass is 9.91. The Balaban J connectivity index is 0.939. The molecule has 3 heterocycles. The topological polar surface area (TPSA) is 142 Å². The predicted molar refractivity (Wildman–Crippen MR) is 228 cm³/mol. The molecule has 314 valence electrons. The van der Waals surface area contributed by atoms with E-state index in [1.165, 1.54) is 0 Å². The molecule has 1 amide bonds. The molecule has 1 aliphatic carbocycles. The summed E-state index contributed by atoms with van der Waals surface area (Å²) in [5.41, 5.74) is 5.56. The predicted octanol–water partition coefficient (Wildman–Crippen LogP) is 8.05. The van der Waals surface area contributed by atoms with Crippen molar-refractivity contribution in [1.29, 1.82) is 0 Å². The van der Waals surface area contributed by atoms with E-state index in [1.54, 1.807) is 32.5 Å². The molecule has 3 aromatic carbocycles. The Kier molecular flexibility index (Phi) is 14.3. The zero-order chi connectivity index (χ0) is 41.8. The monoisotopic (exact) mass is 814 g/mol. The normalized spacial score (nSPS) is 15.2. The van der Waals surface area contributed by atoms with E-state index in [-0.39, 0.29) is 37.4 Å². The summed E-state index contributed by atoms with van der Waals surface area (Å²) in [6, 6.07) is 30.3. The molecule has 7 rings (SSSR count). The minimum atomic E-state index is -1.12. The highest BCUT2D eigenvalue weighted by Gasteiger charge is 2.34. The van der Waals surface area contributed by atoms with Crippen molar-refractivity contribution in [3.8, 4) is 17.4 Å². The number of carbonyl (C=O) groups is 2. The fourth-order valence-electron chi connectivity index (χ4n) is 7.60. The van der Waals surface area contributed by atoms with Gasteiger partial charge < -0.3 is 39.0 Å². The van der Waals surface area contributed by atoms with Crippen LogP contribution in [-0.4, -0.2) is 67.2 Å². The third-order valence-corrected chi connectivity index (χ3v) is 11.2. The van der Waals surface area contributed by atoms with Gasteiger partial charge in [0.25, 0.3) is 5.91 Å². The second-order valence-corrected chi connectivity index (χ2v) is 15.6. The van der Waals surface area contributed by atoms with Crippen molar-refractivity contribution in [2.24, 2.45) is 11.8 Å². The first kappa shape index (κ1) is 42.2. The number of aromatic nitrogens is 2. The maximum atomic E-state index is 14.0. The molecule has 2 fully saturated rings. The maximum absolute atomic E-state index is 14.0. The third-order valence-electron chi connectivity index (χ3n) is 11.2. The zero-order valence-electron chi connectivity index (χ0n) is 34.5. The van der Waals surface area contributed by atoms with Gasteiger partial charge in [-0.05, 0) is 109 Å². The average Bonchev–Trinajstić information content (AvgIpc) is 4.13. The van der Waals surface area contributed by atoms with Gasteiger partial charge in [0.15, 0.2) is 6.29 Å². The van der Waals surface area contributed by atoms with Crippen LogP contribution in [-0.2, 0) is 33.9 Å². The zero-order valence-corrected chi connectivity index (χ0v) is 34.5. The number of pyridine rings is 2. The Morgan fingerprint density at radius 3 is 2.32 bits per heavy atom. The fourth-order valence-corrected chi connectivity index (χ4v) is 7.60. The molecule has 12 nitrogen and oxygen atoms in total. The smallest absolute Gasteiger partial charge is 0.306 e. The highest BCUT2D eigenvalue weighted by Crippen LogP contribution is 2.45. The number of benzene rings is 3. The van der Waals surface area contributed by atoms with Crippen molar-refractivity contribution < 1.29 is 38.4 Å². The molecule has 2 N–H and O–H groups in total. The van der Waals surface area contributed by atoms with Gasteiger partial charge in [-0.2, -0.15) is 0 Å². The average molecular weight is 815 g/mol. The van der Waals surface area contributed by atoms with Gasteiger partial charge in [0.05, 0.1) is 45.1 Å². The van der Waals surface area contributed by atoms with Crippen LogP contribution >= 0.6 is 0 Å². The van der Waals surface area contributed by atoms with Gasteiger partial charge in [0, 0.05) is 43.5 Å². The minimum absolute atomic E-state index is 0.0701. The van der Waals surface area contributed by atoms with E-state index in [0.29, 0.717) is 53.4 Å². The van der Waals surface area contributed by atoms with Crippen LogP contribution < -0.4 is 24.4 Å². The fraction of sp³-hybridized carbons (Fsp3) is 0.375. The van der Waals surface area contributed by atoms with Crippen molar-refractivity contribution >= 4 is 23.4 Å². The highest BCUT2D eigenvalue weighted by atomic mass is 16.6. The summed E-state index contributed by atoms with van der Waals surface area (Å²) >= 11 is 0. The first-order valence-electron chi connectivity index (χ1n) is 20.7. The highest BCUT2D eigenvalue weighted by molar-refractivity contribution is 6.08. The molecule has 2 atom stereocenters. The van der Waals surface area contributed by atoms with Gasteiger partial charge >= 0.3 is 5.97 Å². The Bertz CT molecular complexity index is 2190. The van der Waals surface area contributed by atoms with E-state index in [0.717, 1.165) is 72.6 Å². The summed E-state index contributed by atoms with van der Waals surface area (Å²) in [5.74, 6) is 2.63. The molecule has 12 heteroatoms. The Morgan fingerprint density at radius 2 is 1.58 bits per heavy atom. The van der Waals surface area contributed by atoms with Crippen LogP contribution in [0.15, 0.2) is 103 Å². The Morgan fingerprint density at radius 1 is 0.850 bits per heavy atom. The SMILES string of the molecule is COc1ccc(COC(O)Cc2ccc(C)nc2NC(=O)c2ccc(OC)cc2N2CCC(COc3cc(C(CC(=O)OCc4ccccc4)C4CC4)ccn3)CC2)cc1. The summed E-state index contributed by atoms with van der Waals surface area (Å²) in [6.45, 7) is 4.29. The molecule has 5 aromatic rings. The number of hydrogen-bond donors (Lipinski definition) is 2. The second kappa shape index (κ2) is 20.3. The van der Waals surface area contributed by atoms with E-state index >= 15 is 0 Å². The van der Waals surface area contributed by atoms with Gasteiger partial charge in [-0.25, -0.2) is 9.97 Å². The Hall–Kier alpha value is -5.98. The van der Waals surface area contributed by atoms with Gasteiger partial charge in [-0.15, -0.1) is 0 Å². The number of methoxy groups -OCH3 is 2. The lowest BCUT2D eigenvalue weighted by Crippen LogP contribution is -2.36. The first-order valence-corrected chi connectivity index (χ1v) is 20.7. The number of aliphatic hydroxyl groups excluding tert-OH is 1. The molecule has 2 unspecified atom stereocenters. The van der Waals surface area contributed by atoms with Crippen LogP contribution in [0.2, 0.25) is 0 Å². The van der Waals surface area contributed by atoms with Crippen molar-refractivity contribution in [2.75, 3.05) is 44.1 Å². The quantitative estimate of drug-likeness (QED) is 0.0618. The van der Waals surface area contributed by atoms with Gasteiger partial charge in [-0.3, -0.25) is 9.59 Å². The van der Waals surface area contributed by atoms with Gasteiger partial charge in [0.1, 0.15) is 23.9 Å². The van der Waals surface area contributed by atoms with Crippen LogP contribution in [0, 0.1) is 18.8 Å². The standard InChI is InChI=1S/C48H54N4O8/c1-32-9-12-38(26-45(53)59-31-34-10-15-39(56-2)16-11-34)47(50-32)51-48(55)41-18-17-40(57-3)27-43(41)52-23-20-35(21-24-52)29-58-44-25-37(19-22-49-44)42(36-13-14-36)28-46(54)60-30-33-7-5-4-6-8-33/h4-12,15-19,22,25,27,35-36,42,45,53H,13-14,20-21,23-24,26,28-31H2,1-3H3,(H,50,51,55). The molecule has 1 saturated carbocycles. The largest absolute Gasteiger partial charge is 0.497 e. The molecule has 0 spiro atoms. The molecule has 2 aromatic heterocycles. The van der Waals surface area contributed by atoms with Crippen molar-refractivity contribution in [2.45, 2.75) is 70.9 Å². The van der Waals surface area contributed by atoms with E-state index in [9.17, 15) is 14.7 Å². The van der Waals surface area contributed by atoms with Crippen LogP contribution in [0.25, 0.3) is 0 Å². The number of anilines is 2. The molecule has 60 heavy (non-hydrogen) atoms. The van der Waals surface area contributed by atoms with Crippen molar-refractivity contribution in [1.82, 2.24) is 9.97 Å². The molecule has 0 bridgehead atoms. The van der Waals surface area contributed by atoms with E-state index < -0.39 is 6.29 Å². The maximum Gasteiger partial charge on any atom is 0.306 e. The lowest BCUT2D eigenvalue weighted by molar-refractivity contribution is -0.145. The minimum Gasteiger partial charge on any atom is -0.497 e. The molecular formula is C48H54N4O8. The van der Waals surface area contributed by atoms with Gasteiger partial charge in [0.2, 0.25) is 5.88 Å². The number of nitrogens with zero attached hydrogens (tertiary/aromatic N) is 3. The summed E-state index contributed by atoms with van der Waals surface area (Å²) < 4.78 is 28.4. The summed E-state index contributed by atoms with van der Waals surface area (Å²) in [7, 11) is 3.22. The summed E-state index contributed by atoms with van der Waals surface area (Å²) in [4.78, 5) is 38.2. The lowest BCUT2D eigenvalue weighted by Gasteiger charge is -2.34. The molecular weight excluding hydrogens is 761 g/mol. The van der Waals surface area contributed by atoms with E-state index in [1.807, 2.05) is 91.9 Å². The summed E-state index contributed by atoms with van der Waals surface area (Å²) in [5, 5.41) is 13.8.